The van der Waals surface area contributed by atoms with E-state index in [4.69, 9.17) is 0 Å². The summed E-state index contributed by atoms with van der Waals surface area (Å²) in [6.07, 6.45) is 2.45. The SMILES string of the molecule is CN1C(=CC2=[N+](C)c3cc4ccccc4cc3C2(C)C)C(C)(C)c2cc3ccccc3cc21. The molecule has 0 unspecified atom stereocenters. The molecule has 2 nitrogen and oxygen atoms in total. The van der Waals surface area contributed by atoms with Crippen molar-refractivity contribution in [3.8, 4) is 0 Å². The van der Waals surface area contributed by atoms with Crippen LogP contribution in [0.1, 0.15) is 38.8 Å². The summed E-state index contributed by atoms with van der Waals surface area (Å²) in [7, 11) is 4.44. The normalized spacial score (nSPS) is 19.6. The molecule has 2 aliphatic rings. The first-order valence-electron chi connectivity index (χ1n) is 11.8. The number of benzene rings is 4. The van der Waals surface area contributed by atoms with Gasteiger partial charge in [0.05, 0.1) is 5.41 Å². The number of rotatable bonds is 1. The Morgan fingerprint density at radius 2 is 1.21 bits per heavy atom. The molecule has 0 radical (unpaired) electrons. The van der Waals surface area contributed by atoms with Crippen LogP contribution < -0.4 is 4.90 Å². The lowest BCUT2D eigenvalue weighted by Crippen LogP contribution is -2.31. The third-order valence-corrected chi connectivity index (χ3v) is 8.07. The van der Waals surface area contributed by atoms with E-state index >= 15 is 0 Å². The van der Waals surface area contributed by atoms with Crippen LogP contribution in [0.5, 0.6) is 0 Å². The molecule has 0 atom stereocenters. The summed E-state index contributed by atoms with van der Waals surface area (Å²) in [5.74, 6) is 0. The first-order chi connectivity index (χ1) is 15.7. The van der Waals surface area contributed by atoms with E-state index in [0.717, 1.165) is 0 Å². The fourth-order valence-corrected chi connectivity index (χ4v) is 6.07. The highest BCUT2D eigenvalue weighted by molar-refractivity contribution is 6.06. The molecule has 2 aliphatic heterocycles. The fraction of sp³-hybridized carbons (Fsp3) is 0.258. The van der Waals surface area contributed by atoms with Crippen LogP contribution in [-0.4, -0.2) is 24.4 Å². The Bertz CT molecular complexity index is 1530. The van der Waals surface area contributed by atoms with Crippen LogP contribution in [0.15, 0.2) is 84.6 Å². The third-order valence-electron chi connectivity index (χ3n) is 8.07. The van der Waals surface area contributed by atoms with Gasteiger partial charge in [0.2, 0.25) is 5.69 Å². The van der Waals surface area contributed by atoms with E-state index in [1.54, 1.807) is 0 Å². The molecule has 0 fully saturated rings. The van der Waals surface area contributed by atoms with Gasteiger partial charge in [-0.05, 0) is 59.2 Å². The number of allylic oxidation sites excluding steroid dienone is 2. The van der Waals surface area contributed by atoms with Crippen molar-refractivity contribution in [3.63, 3.8) is 0 Å². The van der Waals surface area contributed by atoms with Crippen molar-refractivity contribution in [2.45, 2.75) is 38.5 Å². The van der Waals surface area contributed by atoms with Crippen LogP contribution in [0.2, 0.25) is 0 Å². The molecule has 0 aliphatic carbocycles. The lowest BCUT2D eigenvalue weighted by Gasteiger charge is -2.25. The van der Waals surface area contributed by atoms with E-state index in [-0.39, 0.29) is 10.8 Å². The Labute approximate surface area is 196 Å². The molecule has 2 heteroatoms. The molecule has 33 heavy (non-hydrogen) atoms. The fourth-order valence-electron chi connectivity index (χ4n) is 6.07. The monoisotopic (exact) mass is 431 g/mol. The van der Waals surface area contributed by atoms with Crippen molar-refractivity contribution in [2.24, 2.45) is 0 Å². The number of nitrogens with zero attached hydrogens (tertiary/aromatic N) is 2. The van der Waals surface area contributed by atoms with Gasteiger partial charge in [0.25, 0.3) is 0 Å². The molecule has 0 saturated heterocycles. The predicted molar refractivity (Wildman–Crippen MR) is 141 cm³/mol. The van der Waals surface area contributed by atoms with Crippen molar-refractivity contribution >= 4 is 38.6 Å². The van der Waals surface area contributed by atoms with Gasteiger partial charge in [-0.2, -0.15) is 4.58 Å². The second-order valence-electron chi connectivity index (χ2n) is 10.7. The molecule has 0 bridgehead atoms. The summed E-state index contributed by atoms with van der Waals surface area (Å²) in [4.78, 5) is 2.40. The summed E-state index contributed by atoms with van der Waals surface area (Å²) < 4.78 is 2.40. The predicted octanol–water partition coefficient (Wildman–Crippen LogP) is 7.31. The third kappa shape index (κ3) is 2.70. The summed E-state index contributed by atoms with van der Waals surface area (Å²) in [5.41, 5.74) is 7.98. The van der Waals surface area contributed by atoms with E-state index in [9.17, 15) is 0 Å². The molecule has 2 heterocycles. The van der Waals surface area contributed by atoms with E-state index in [1.165, 1.54) is 55.5 Å². The Morgan fingerprint density at radius 1 is 0.697 bits per heavy atom. The van der Waals surface area contributed by atoms with Gasteiger partial charge in [-0.1, -0.05) is 62.4 Å². The quantitative estimate of drug-likeness (QED) is 0.286. The van der Waals surface area contributed by atoms with Crippen molar-refractivity contribution in [3.05, 3.63) is 95.7 Å². The Kier molecular flexibility index (Phi) is 4.03. The minimum atomic E-state index is -0.0719. The Balaban J connectivity index is 1.54. The molecule has 0 aromatic heterocycles. The molecular formula is C31H31N2+. The zero-order valence-corrected chi connectivity index (χ0v) is 20.4. The maximum atomic E-state index is 2.45. The standard InChI is InChI=1S/C31H31N2/c1-30(2)24-15-20-11-7-9-13-22(20)17-26(24)32(5)28(30)19-29-31(3,4)25-16-21-12-8-10-14-23(21)18-27(25)33(29)6/h7-19H,1-6H3/q+1. The molecule has 164 valence electrons. The Hall–Kier alpha value is -3.39. The maximum absolute atomic E-state index is 2.45. The summed E-state index contributed by atoms with van der Waals surface area (Å²) in [6.45, 7) is 9.44. The number of hydrogen-bond acceptors (Lipinski definition) is 1. The lowest BCUT2D eigenvalue weighted by atomic mass is 9.78. The number of hydrogen-bond donors (Lipinski definition) is 0. The van der Waals surface area contributed by atoms with Crippen LogP contribution >= 0.6 is 0 Å². The maximum Gasteiger partial charge on any atom is 0.210 e. The van der Waals surface area contributed by atoms with Crippen molar-refractivity contribution < 1.29 is 4.58 Å². The average molecular weight is 432 g/mol. The van der Waals surface area contributed by atoms with Gasteiger partial charge in [0.1, 0.15) is 7.05 Å². The highest BCUT2D eigenvalue weighted by Crippen LogP contribution is 2.50. The van der Waals surface area contributed by atoms with E-state index < -0.39 is 0 Å². The van der Waals surface area contributed by atoms with Crippen molar-refractivity contribution in [2.75, 3.05) is 19.0 Å². The van der Waals surface area contributed by atoms with Crippen LogP contribution in [0, 0.1) is 0 Å². The number of likely N-dealkylation sites (N-methyl/N-ethyl adjacent to an activating group) is 1. The lowest BCUT2D eigenvalue weighted by molar-refractivity contribution is -0.401. The Morgan fingerprint density at radius 3 is 1.82 bits per heavy atom. The summed E-state index contributed by atoms with van der Waals surface area (Å²) in [6, 6.07) is 26.8. The number of anilines is 1. The van der Waals surface area contributed by atoms with E-state index in [2.05, 4.69) is 130 Å². The second-order valence-corrected chi connectivity index (χ2v) is 10.7. The molecule has 0 spiro atoms. The van der Waals surface area contributed by atoms with Gasteiger partial charge in [-0.25, -0.2) is 0 Å². The van der Waals surface area contributed by atoms with Crippen LogP contribution in [0.3, 0.4) is 0 Å². The van der Waals surface area contributed by atoms with Crippen LogP contribution in [-0.2, 0) is 10.8 Å². The summed E-state index contributed by atoms with van der Waals surface area (Å²) in [5, 5.41) is 5.21. The molecule has 4 aromatic rings. The first kappa shape index (κ1) is 20.2. The van der Waals surface area contributed by atoms with E-state index in [1.807, 2.05) is 0 Å². The van der Waals surface area contributed by atoms with Gasteiger partial charge >= 0.3 is 0 Å². The minimum Gasteiger partial charge on any atom is -0.347 e. The van der Waals surface area contributed by atoms with E-state index in [0.29, 0.717) is 0 Å². The van der Waals surface area contributed by atoms with Crippen LogP contribution in [0.25, 0.3) is 21.5 Å². The highest BCUT2D eigenvalue weighted by atomic mass is 15.2. The molecule has 4 aromatic carbocycles. The molecule has 0 saturated carbocycles. The largest absolute Gasteiger partial charge is 0.347 e. The van der Waals surface area contributed by atoms with Crippen molar-refractivity contribution in [1.29, 1.82) is 0 Å². The highest BCUT2D eigenvalue weighted by Gasteiger charge is 2.46. The van der Waals surface area contributed by atoms with Crippen LogP contribution in [0.4, 0.5) is 11.4 Å². The zero-order chi connectivity index (χ0) is 23.1. The van der Waals surface area contributed by atoms with Crippen molar-refractivity contribution in [1.82, 2.24) is 0 Å². The summed E-state index contributed by atoms with van der Waals surface area (Å²) >= 11 is 0. The topological polar surface area (TPSA) is 6.25 Å². The van der Waals surface area contributed by atoms with Gasteiger partial charge in [-0.3, -0.25) is 0 Å². The van der Waals surface area contributed by atoms with Gasteiger partial charge in [0, 0.05) is 41.6 Å². The first-order valence-corrected chi connectivity index (χ1v) is 11.8. The second kappa shape index (κ2) is 6.57. The van der Waals surface area contributed by atoms with Gasteiger partial charge in [-0.15, -0.1) is 0 Å². The molecule has 6 rings (SSSR count). The molecule has 0 N–H and O–H groups in total. The minimum absolute atomic E-state index is 0.0719. The molecular weight excluding hydrogens is 400 g/mol. The smallest absolute Gasteiger partial charge is 0.210 e. The van der Waals surface area contributed by atoms with Gasteiger partial charge in [0.15, 0.2) is 5.71 Å². The molecule has 0 amide bonds. The zero-order valence-electron chi connectivity index (χ0n) is 20.4. The van der Waals surface area contributed by atoms with Gasteiger partial charge < -0.3 is 4.90 Å². The average Bonchev–Trinajstić information content (AvgIpc) is 3.10. The number of fused-ring (bicyclic) bond motifs is 4.